The molecule has 2 aromatic heterocycles. The molecule has 1 unspecified atom stereocenters. The molecule has 2 aliphatic rings. The van der Waals surface area contributed by atoms with Crippen molar-refractivity contribution in [2.24, 2.45) is 4.99 Å². The molecule has 2 aliphatic heterocycles. The Morgan fingerprint density at radius 3 is 2.41 bits per heavy atom. The molecule has 0 bridgehead atoms. The maximum Gasteiger partial charge on any atom is 0.338 e. The number of hydrogen-bond acceptors (Lipinski definition) is 11. The van der Waals surface area contributed by atoms with Gasteiger partial charge in [-0.15, -0.1) is 0 Å². The van der Waals surface area contributed by atoms with Gasteiger partial charge in [0.2, 0.25) is 10.0 Å². The van der Waals surface area contributed by atoms with Crippen LogP contribution in [-0.2, 0) is 24.3 Å². The van der Waals surface area contributed by atoms with Crippen molar-refractivity contribution in [2.75, 3.05) is 26.8 Å². The Morgan fingerprint density at radius 2 is 1.73 bits per heavy atom. The summed E-state index contributed by atoms with van der Waals surface area (Å²) in [4.78, 5) is 45.2. The zero-order chi connectivity index (χ0) is 39.6. The minimum Gasteiger partial charge on any atom is -0.493 e. The van der Waals surface area contributed by atoms with Gasteiger partial charge in [-0.1, -0.05) is 66.8 Å². The molecule has 0 aliphatic carbocycles. The quantitative estimate of drug-likeness (QED) is 0.103. The summed E-state index contributed by atoms with van der Waals surface area (Å²) in [7, 11) is -2.23. The Hall–Kier alpha value is -5.90. The lowest BCUT2D eigenvalue weighted by atomic mass is 9.95. The first-order chi connectivity index (χ1) is 27.0. The molecule has 0 radical (unpaired) electrons. The lowest BCUT2D eigenvalue weighted by Gasteiger charge is -2.25. The standard InChI is InChI=1S/C41H39N5O8S2/c1-5-22-53-40(49)36-26(2)42-41-46(38(36)29-16-19-33(54-27(3)47)34(23-29)52-4)39(48)35(55-41)24-30-25-45(31-12-8-6-9-13-31)43-37(30)28-14-17-32(18-15-28)56(50,51)44-20-10-7-11-21-44/h5-6,8-9,12-19,23-25,38H,1,7,10-11,20-22H2,2-4H3. The fourth-order valence-corrected chi connectivity index (χ4v) is 9.37. The van der Waals surface area contributed by atoms with Gasteiger partial charge in [-0.3, -0.25) is 14.2 Å². The van der Waals surface area contributed by atoms with Gasteiger partial charge in [0, 0.05) is 37.3 Å². The number of benzene rings is 3. The SMILES string of the molecule is C=CCOC(=O)C1=C(C)N=c2sc(=Cc3cn(-c4ccccc4)nc3-c3ccc(S(=O)(=O)N4CCCCC4)cc3)c(=O)n2C1c1ccc(OC(C)=O)c(OC)c1. The van der Waals surface area contributed by atoms with E-state index in [1.54, 1.807) is 66.3 Å². The second-order valence-corrected chi connectivity index (χ2v) is 16.1. The number of para-hydroxylation sites is 1. The first-order valence-corrected chi connectivity index (χ1v) is 20.2. The predicted molar refractivity (Wildman–Crippen MR) is 211 cm³/mol. The Bertz CT molecular complexity index is 2660. The minimum absolute atomic E-state index is 0.0548. The third kappa shape index (κ3) is 7.52. The van der Waals surface area contributed by atoms with Gasteiger partial charge in [0.1, 0.15) is 6.61 Å². The van der Waals surface area contributed by atoms with E-state index in [-0.39, 0.29) is 28.6 Å². The number of allylic oxidation sites excluding steroid dienone is 1. The highest BCUT2D eigenvalue weighted by Gasteiger charge is 2.34. The predicted octanol–water partition coefficient (Wildman–Crippen LogP) is 4.93. The molecule has 1 atom stereocenters. The summed E-state index contributed by atoms with van der Waals surface area (Å²) in [6, 6.07) is 19.9. The molecular formula is C41H39N5O8S2. The summed E-state index contributed by atoms with van der Waals surface area (Å²) < 4.78 is 48.1. The van der Waals surface area contributed by atoms with Crippen LogP contribution in [0.2, 0.25) is 0 Å². The topological polar surface area (TPSA) is 151 Å². The number of piperidine rings is 1. The second kappa shape index (κ2) is 16.1. The third-order valence-corrected chi connectivity index (χ3v) is 12.4. The fourth-order valence-electron chi connectivity index (χ4n) is 6.81. The van der Waals surface area contributed by atoms with Crippen molar-refractivity contribution in [3.8, 4) is 28.4 Å². The van der Waals surface area contributed by atoms with Crippen LogP contribution in [0, 0.1) is 0 Å². The number of esters is 2. The number of fused-ring (bicyclic) bond motifs is 1. The third-order valence-electron chi connectivity index (χ3n) is 9.46. The maximum atomic E-state index is 14.6. The van der Waals surface area contributed by atoms with E-state index in [1.807, 2.05) is 30.3 Å². The van der Waals surface area contributed by atoms with Crippen LogP contribution in [0.3, 0.4) is 0 Å². The van der Waals surface area contributed by atoms with E-state index in [1.165, 1.54) is 29.0 Å². The molecule has 13 nitrogen and oxygen atoms in total. The molecule has 15 heteroatoms. The molecule has 5 aromatic rings. The van der Waals surface area contributed by atoms with Gasteiger partial charge in [0.25, 0.3) is 5.56 Å². The Morgan fingerprint density at radius 1 is 1.00 bits per heavy atom. The molecule has 0 spiro atoms. The van der Waals surface area contributed by atoms with E-state index in [4.69, 9.17) is 24.3 Å². The highest BCUT2D eigenvalue weighted by molar-refractivity contribution is 7.89. The normalized spacial score (nSPS) is 16.2. The molecule has 56 heavy (non-hydrogen) atoms. The molecule has 0 saturated carbocycles. The average molecular weight is 794 g/mol. The van der Waals surface area contributed by atoms with Gasteiger partial charge in [0.05, 0.1) is 45.2 Å². The summed E-state index contributed by atoms with van der Waals surface area (Å²) >= 11 is 1.15. The number of carbonyl (C=O) groups is 2. The lowest BCUT2D eigenvalue weighted by Crippen LogP contribution is -2.40. The van der Waals surface area contributed by atoms with Gasteiger partial charge in [-0.25, -0.2) is 22.9 Å². The first kappa shape index (κ1) is 38.4. The van der Waals surface area contributed by atoms with Gasteiger partial charge in [-0.2, -0.15) is 9.40 Å². The zero-order valence-corrected chi connectivity index (χ0v) is 32.6. The number of sulfonamides is 1. The molecule has 0 amide bonds. The molecule has 7 rings (SSSR count). The molecule has 1 saturated heterocycles. The second-order valence-electron chi connectivity index (χ2n) is 13.2. The van der Waals surface area contributed by atoms with Gasteiger partial charge in [-0.05, 0) is 67.8 Å². The molecule has 3 aromatic carbocycles. The van der Waals surface area contributed by atoms with Crippen LogP contribution in [-0.4, -0.2) is 65.8 Å². The molecule has 1 fully saturated rings. The minimum atomic E-state index is -3.65. The Labute approximate surface area is 327 Å². The van der Waals surface area contributed by atoms with E-state index in [9.17, 15) is 22.8 Å². The molecule has 0 N–H and O–H groups in total. The van der Waals surface area contributed by atoms with Crippen molar-refractivity contribution in [3.63, 3.8) is 0 Å². The fraction of sp³-hybridized carbons (Fsp3) is 0.244. The van der Waals surface area contributed by atoms with Gasteiger partial charge in [0.15, 0.2) is 16.3 Å². The van der Waals surface area contributed by atoms with Crippen LogP contribution in [0.25, 0.3) is 23.0 Å². The van der Waals surface area contributed by atoms with E-state index in [0.29, 0.717) is 50.5 Å². The van der Waals surface area contributed by atoms with Crippen molar-refractivity contribution in [1.29, 1.82) is 0 Å². The highest BCUT2D eigenvalue weighted by Crippen LogP contribution is 2.36. The molecular weight excluding hydrogens is 755 g/mol. The summed E-state index contributed by atoms with van der Waals surface area (Å²) in [5, 5.41) is 4.90. The summed E-state index contributed by atoms with van der Waals surface area (Å²) in [6.07, 6.45) is 7.66. The molecule has 288 valence electrons. The van der Waals surface area contributed by atoms with Gasteiger partial charge >= 0.3 is 11.9 Å². The number of nitrogens with zero attached hydrogens (tertiary/aromatic N) is 5. The summed E-state index contributed by atoms with van der Waals surface area (Å²) in [5.41, 5.74) is 3.11. The van der Waals surface area contributed by atoms with Crippen molar-refractivity contribution in [1.82, 2.24) is 18.7 Å². The number of rotatable bonds is 11. The zero-order valence-electron chi connectivity index (χ0n) is 31.0. The van der Waals surface area contributed by atoms with Crippen LogP contribution in [0.5, 0.6) is 11.5 Å². The van der Waals surface area contributed by atoms with Crippen molar-refractivity contribution < 1.29 is 32.2 Å². The van der Waals surface area contributed by atoms with Crippen LogP contribution in [0.1, 0.15) is 50.3 Å². The number of hydrogen-bond donors (Lipinski definition) is 0. The van der Waals surface area contributed by atoms with E-state index in [2.05, 4.69) is 6.58 Å². The van der Waals surface area contributed by atoms with E-state index in [0.717, 1.165) is 36.3 Å². The Balaban J connectivity index is 1.37. The highest BCUT2D eigenvalue weighted by atomic mass is 32.2. The number of aromatic nitrogens is 3. The van der Waals surface area contributed by atoms with Crippen LogP contribution in [0.4, 0.5) is 0 Å². The Kier molecular flexibility index (Phi) is 11.0. The number of thiazole rings is 1. The first-order valence-electron chi connectivity index (χ1n) is 17.9. The molecule has 4 heterocycles. The van der Waals surface area contributed by atoms with Crippen LogP contribution in [0.15, 0.2) is 118 Å². The number of ether oxygens (including phenoxy) is 3. The number of methoxy groups -OCH3 is 1. The summed E-state index contributed by atoms with van der Waals surface area (Å²) in [6.45, 7) is 7.53. The monoisotopic (exact) mass is 793 g/mol. The summed E-state index contributed by atoms with van der Waals surface area (Å²) in [5.74, 6) is -0.818. The average Bonchev–Trinajstić information content (AvgIpc) is 3.77. The van der Waals surface area contributed by atoms with Crippen molar-refractivity contribution in [2.45, 2.75) is 44.0 Å². The van der Waals surface area contributed by atoms with E-state index >= 15 is 0 Å². The number of carbonyl (C=O) groups excluding carboxylic acids is 2. The van der Waals surface area contributed by atoms with Crippen molar-refractivity contribution >= 4 is 39.4 Å². The maximum absolute atomic E-state index is 14.6. The van der Waals surface area contributed by atoms with Crippen LogP contribution >= 0.6 is 11.3 Å². The van der Waals surface area contributed by atoms with Gasteiger partial charge < -0.3 is 14.2 Å². The lowest BCUT2D eigenvalue weighted by molar-refractivity contribution is -0.138. The van der Waals surface area contributed by atoms with Crippen molar-refractivity contribution in [3.05, 3.63) is 134 Å². The van der Waals surface area contributed by atoms with E-state index < -0.39 is 33.6 Å². The largest absolute Gasteiger partial charge is 0.493 e. The van der Waals surface area contributed by atoms with Crippen LogP contribution < -0.4 is 24.4 Å². The smallest absolute Gasteiger partial charge is 0.338 e.